The molecule has 22 heavy (non-hydrogen) atoms. The molecule has 1 heterocycles. The number of carbonyl (C=O) groups excluding carboxylic acids is 2. The molecule has 0 saturated carbocycles. The molecule has 1 fully saturated rings. The number of aryl methyl sites for hydroxylation is 2. The van der Waals surface area contributed by atoms with Gasteiger partial charge in [-0.1, -0.05) is 0 Å². The van der Waals surface area contributed by atoms with Crippen LogP contribution in [0.5, 0.6) is 5.75 Å². The lowest BCUT2D eigenvalue weighted by Gasteiger charge is -2.23. The number of benzene rings is 1. The minimum Gasteiger partial charge on any atom is -0.496 e. The van der Waals surface area contributed by atoms with Crippen LogP contribution in [0.2, 0.25) is 0 Å². The molecule has 1 aromatic carbocycles. The fourth-order valence-corrected chi connectivity index (χ4v) is 2.73. The molecule has 1 saturated heterocycles. The molecule has 0 bridgehead atoms. The Balaban J connectivity index is 2.21. The number of rotatable bonds is 2. The fraction of sp³-hybridized carbons (Fsp3) is 0.529. The molecular formula is C17H24N2O3. The summed E-state index contributed by atoms with van der Waals surface area (Å²) in [5.74, 6) is 0.657. The summed E-state index contributed by atoms with van der Waals surface area (Å²) >= 11 is 0. The fourth-order valence-electron chi connectivity index (χ4n) is 2.73. The van der Waals surface area contributed by atoms with Gasteiger partial charge in [-0.2, -0.15) is 0 Å². The van der Waals surface area contributed by atoms with E-state index in [-0.39, 0.29) is 11.8 Å². The molecule has 0 aromatic heterocycles. The van der Waals surface area contributed by atoms with Crippen molar-refractivity contribution in [3.8, 4) is 5.75 Å². The third-order valence-electron chi connectivity index (χ3n) is 4.27. The summed E-state index contributed by atoms with van der Waals surface area (Å²) < 4.78 is 5.37. The van der Waals surface area contributed by atoms with E-state index < -0.39 is 0 Å². The summed E-state index contributed by atoms with van der Waals surface area (Å²) in [5, 5.41) is 0. The Kier molecular flexibility index (Phi) is 5.06. The molecule has 5 nitrogen and oxygen atoms in total. The van der Waals surface area contributed by atoms with E-state index in [0.717, 1.165) is 17.5 Å². The second-order valence-corrected chi connectivity index (χ2v) is 5.79. The predicted octanol–water partition coefficient (Wildman–Crippen LogP) is 2.01. The van der Waals surface area contributed by atoms with Crippen molar-refractivity contribution in [2.75, 3.05) is 33.3 Å². The number of amides is 2. The molecule has 120 valence electrons. The summed E-state index contributed by atoms with van der Waals surface area (Å²) in [7, 11) is 1.58. The van der Waals surface area contributed by atoms with Crippen molar-refractivity contribution in [1.82, 2.24) is 9.80 Å². The number of carbonyl (C=O) groups is 2. The summed E-state index contributed by atoms with van der Waals surface area (Å²) in [4.78, 5) is 27.9. The van der Waals surface area contributed by atoms with Crippen LogP contribution in [0.3, 0.4) is 0 Å². The molecule has 0 aliphatic carbocycles. The summed E-state index contributed by atoms with van der Waals surface area (Å²) in [6.07, 6.45) is 0.804. The average Bonchev–Trinajstić information content (AvgIpc) is 2.74. The zero-order chi connectivity index (χ0) is 16.3. The molecule has 1 aromatic rings. The maximum absolute atomic E-state index is 12.8. The van der Waals surface area contributed by atoms with E-state index in [1.54, 1.807) is 18.9 Å². The van der Waals surface area contributed by atoms with Crippen LogP contribution in [0.1, 0.15) is 34.8 Å². The SMILES string of the molecule is COc1cc(C)c(C)cc1C(=O)N1CCCN(C(C)=O)CC1. The van der Waals surface area contributed by atoms with E-state index in [0.29, 0.717) is 37.5 Å². The first kappa shape index (κ1) is 16.3. The zero-order valence-electron chi connectivity index (χ0n) is 13.8. The second kappa shape index (κ2) is 6.81. The van der Waals surface area contributed by atoms with E-state index in [2.05, 4.69) is 0 Å². The number of ether oxygens (including phenoxy) is 1. The molecule has 0 N–H and O–H groups in total. The van der Waals surface area contributed by atoms with Crippen molar-refractivity contribution < 1.29 is 14.3 Å². The molecule has 0 atom stereocenters. The Bertz CT molecular complexity index is 584. The van der Waals surface area contributed by atoms with Crippen LogP contribution in [-0.2, 0) is 4.79 Å². The Labute approximate surface area is 131 Å². The Morgan fingerprint density at radius 1 is 1.00 bits per heavy atom. The Morgan fingerprint density at radius 3 is 2.23 bits per heavy atom. The summed E-state index contributed by atoms with van der Waals surface area (Å²) in [6.45, 7) is 8.10. The van der Waals surface area contributed by atoms with Gasteiger partial charge in [0.2, 0.25) is 5.91 Å². The first-order valence-corrected chi connectivity index (χ1v) is 7.64. The van der Waals surface area contributed by atoms with Gasteiger partial charge in [0.25, 0.3) is 5.91 Å². The van der Waals surface area contributed by atoms with Crippen molar-refractivity contribution in [1.29, 1.82) is 0 Å². The molecule has 2 amide bonds. The molecule has 0 spiro atoms. The van der Waals surface area contributed by atoms with Crippen LogP contribution in [0.4, 0.5) is 0 Å². The predicted molar refractivity (Wildman–Crippen MR) is 85.2 cm³/mol. The second-order valence-electron chi connectivity index (χ2n) is 5.79. The topological polar surface area (TPSA) is 49.9 Å². The molecule has 0 unspecified atom stereocenters. The van der Waals surface area contributed by atoms with E-state index >= 15 is 0 Å². The van der Waals surface area contributed by atoms with Gasteiger partial charge < -0.3 is 14.5 Å². The highest BCUT2D eigenvalue weighted by molar-refractivity contribution is 5.97. The van der Waals surface area contributed by atoms with Gasteiger partial charge >= 0.3 is 0 Å². The minimum absolute atomic E-state index is 0.0228. The van der Waals surface area contributed by atoms with E-state index in [9.17, 15) is 9.59 Å². The average molecular weight is 304 g/mol. The van der Waals surface area contributed by atoms with Gasteiger partial charge in [0.15, 0.2) is 0 Å². The zero-order valence-corrected chi connectivity index (χ0v) is 13.8. The maximum Gasteiger partial charge on any atom is 0.257 e. The van der Waals surface area contributed by atoms with Gasteiger partial charge in [-0.3, -0.25) is 9.59 Å². The van der Waals surface area contributed by atoms with Gasteiger partial charge in [0, 0.05) is 33.1 Å². The molecule has 1 aliphatic rings. The number of hydrogen-bond acceptors (Lipinski definition) is 3. The van der Waals surface area contributed by atoms with Gasteiger partial charge in [0.05, 0.1) is 12.7 Å². The maximum atomic E-state index is 12.8. The van der Waals surface area contributed by atoms with Crippen molar-refractivity contribution >= 4 is 11.8 Å². The number of hydrogen-bond donors (Lipinski definition) is 0. The third kappa shape index (κ3) is 3.40. The van der Waals surface area contributed by atoms with Crippen LogP contribution in [-0.4, -0.2) is 54.9 Å². The van der Waals surface area contributed by atoms with Crippen LogP contribution in [0.15, 0.2) is 12.1 Å². The van der Waals surface area contributed by atoms with Crippen molar-refractivity contribution in [2.45, 2.75) is 27.2 Å². The lowest BCUT2D eigenvalue weighted by atomic mass is 10.0. The smallest absolute Gasteiger partial charge is 0.257 e. The standard InChI is InChI=1S/C17H24N2O3/c1-12-10-15(16(22-4)11-13(12)2)17(21)19-7-5-6-18(8-9-19)14(3)20/h10-11H,5-9H2,1-4H3. The molecule has 1 aliphatic heterocycles. The Hall–Kier alpha value is -2.04. The minimum atomic E-state index is -0.0228. The quantitative estimate of drug-likeness (QED) is 0.840. The van der Waals surface area contributed by atoms with E-state index in [4.69, 9.17) is 4.74 Å². The number of nitrogens with zero attached hydrogens (tertiary/aromatic N) is 2. The van der Waals surface area contributed by atoms with Gasteiger partial charge in [0.1, 0.15) is 5.75 Å². The highest BCUT2D eigenvalue weighted by Gasteiger charge is 2.24. The van der Waals surface area contributed by atoms with Gasteiger partial charge in [-0.05, 0) is 43.5 Å². The molecular weight excluding hydrogens is 280 g/mol. The Morgan fingerprint density at radius 2 is 1.59 bits per heavy atom. The largest absolute Gasteiger partial charge is 0.496 e. The van der Waals surface area contributed by atoms with Crippen LogP contribution in [0, 0.1) is 13.8 Å². The first-order valence-electron chi connectivity index (χ1n) is 7.64. The van der Waals surface area contributed by atoms with Crippen LogP contribution in [0.25, 0.3) is 0 Å². The molecule has 5 heteroatoms. The van der Waals surface area contributed by atoms with Crippen molar-refractivity contribution in [3.05, 3.63) is 28.8 Å². The monoisotopic (exact) mass is 304 g/mol. The third-order valence-corrected chi connectivity index (χ3v) is 4.27. The normalized spacial score (nSPS) is 15.5. The molecule has 0 radical (unpaired) electrons. The van der Waals surface area contributed by atoms with Crippen LogP contribution >= 0.6 is 0 Å². The van der Waals surface area contributed by atoms with Gasteiger partial charge in [-0.25, -0.2) is 0 Å². The van der Waals surface area contributed by atoms with Gasteiger partial charge in [-0.15, -0.1) is 0 Å². The summed E-state index contributed by atoms with van der Waals surface area (Å²) in [5.41, 5.74) is 2.78. The van der Waals surface area contributed by atoms with Crippen LogP contribution < -0.4 is 4.74 Å². The summed E-state index contributed by atoms with van der Waals surface area (Å²) in [6, 6.07) is 3.80. The molecule has 2 rings (SSSR count). The van der Waals surface area contributed by atoms with Crippen molar-refractivity contribution in [2.24, 2.45) is 0 Å². The number of methoxy groups -OCH3 is 1. The first-order chi connectivity index (χ1) is 10.4. The van der Waals surface area contributed by atoms with E-state index in [1.165, 1.54) is 0 Å². The highest BCUT2D eigenvalue weighted by atomic mass is 16.5. The lowest BCUT2D eigenvalue weighted by Crippen LogP contribution is -2.36. The lowest BCUT2D eigenvalue weighted by molar-refractivity contribution is -0.128. The highest BCUT2D eigenvalue weighted by Crippen LogP contribution is 2.25. The van der Waals surface area contributed by atoms with E-state index in [1.807, 2.05) is 30.9 Å². The van der Waals surface area contributed by atoms with Crippen molar-refractivity contribution in [3.63, 3.8) is 0 Å².